The third-order valence-electron chi connectivity index (χ3n) is 6.51. The first kappa shape index (κ1) is 23.6. The van der Waals surface area contributed by atoms with Gasteiger partial charge in [0.25, 0.3) is 0 Å². The van der Waals surface area contributed by atoms with Gasteiger partial charge in [-0.05, 0) is 36.6 Å². The van der Waals surface area contributed by atoms with Crippen LogP contribution in [0.2, 0.25) is 0 Å². The highest BCUT2D eigenvalue weighted by atomic mass is 16.7. The van der Waals surface area contributed by atoms with Crippen LogP contribution in [0, 0.1) is 5.92 Å². The third-order valence-corrected chi connectivity index (χ3v) is 6.51. The monoisotopic (exact) mass is 496 g/mol. The Morgan fingerprint density at radius 3 is 2.50 bits per heavy atom. The van der Waals surface area contributed by atoms with Gasteiger partial charge < -0.3 is 39.0 Å². The zero-order chi connectivity index (χ0) is 25.2. The quantitative estimate of drug-likeness (QED) is 0.477. The smallest absolute Gasteiger partial charge is 0.306 e. The molecule has 2 N–H and O–H groups in total. The molecule has 1 saturated heterocycles. The van der Waals surface area contributed by atoms with Crippen LogP contribution in [0.3, 0.4) is 0 Å². The molecule has 0 amide bonds. The van der Waals surface area contributed by atoms with Crippen molar-refractivity contribution < 1.29 is 33.6 Å². The fraction of sp³-hybridized carbons (Fsp3) is 0.400. The Labute approximate surface area is 207 Å². The summed E-state index contributed by atoms with van der Waals surface area (Å²) in [6.45, 7) is 1.77. The number of carboxylic acid groups (broad SMARTS) is 1. The topological polar surface area (TPSA) is 125 Å². The third kappa shape index (κ3) is 4.32. The van der Waals surface area contributed by atoms with Gasteiger partial charge in [-0.3, -0.25) is 4.79 Å². The maximum Gasteiger partial charge on any atom is 0.306 e. The molecule has 0 bridgehead atoms. The summed E-state index contributed by atoms with van der Waals surface area (Å²) in [5.74, 6) is 2.74. The van der Waals surface area contributed by atoms with Gasteiger partial charge in [0.15, 0.2) is 23.0 Å². The Balaban J connectivity index is 1.54. The van der Waals surface area contributed by atoms with Crippen molar-refractivity contribution >= 4 is 28.6 Å². The first-order valence-corrected chi connectivity index (χ1v) is 11.6. The van der Waals surface area contributed by atoms with E-state index in [0.29, 0.717) is 78.1 Å². The Bertz CT molecular complexity index is 1290. The van der Waals surface area contributed by atoms with E-state index in [1.54, 1.807) is 21.3 Å². The van der Waals surface area contributed by atoms with Crippen LogP contribution in [0.4, 0.5) is 11.8 Å². The molecule has 11 nitrogen and oxygen atoms in total. The second-order valence-corrected chi connectivity index (χ2v) is 8.55. The highest BCUT2D eigenvalue weighted by Crippen LogP contribution is 2.45. The number of piperidine rings is 1. The van der Waals surface area contributed by atoms with Crippen LogP contribution in [0.1, 0.15) is 18.4 Å². The molecule has 0 spiro atoms. The maximum absolute atomic E-state index is 11.4. The van der Waals surface area contributed by atoms with Crippen LogP contribution >= 0.6 is 0 Å². The van der Waals surface area contributed by atoms with Crippen LogP contribution in [-0.2, 0) is 11.3 Å². The molecule has 5 rings (SSSR count). The van der Waals surface area contributed by atoms with E-state index in [1.165, 1.54) is 0 Å². The molecule has 3 heterocycles. The molecular formula is C25H28N4O7. The summed E-state index contributed by atoms with van der Waals surface area (Å²) < 4.78 is 27.7. The van der Waals surface area contributed by atoms with Crippen LogP contribution in [-0.4, -0.2) is 62.3 Å². The van der Waals surface area contributed by atoms with E-state index in [2.05, 4.69) is 5.32 Å². The number of anilines is 2. The van der Waals surface area contributed by atoms with Gasteiger partial charge >= 0.3 is 5.97 Å². The minimum Gasteiger partial charge on any atom is -0.493 e. The number of aromatic nitrogens is 2. The van der Waals surface area contributed by atoms with Gasteiger partial charge in [-0.2, -0.15) is 4.98 Å². The predicted molar refractivity (Wildman–Crippen MR) is 132 cm³/mol. The number of carbonyl (C=O) groups is 1. The largest absolute Gasteiger partial charge is 0.493 e. The van der Waals surface area contributed by atoms with Crippen molar-refractivity contribution in [3.05, 3.63) is 29.8 Å². The number of aliphatic carboxylic acids is 1. The highest BCUT2D eigenvalue weighted by molar-refractivity contribution is 5.97. The van der Waals surface area contributed by atoms with Crippen LogP contribution < -0.4 is 33.9 Å². The standard InChI is InChI=1S/C25H28N4O7/c1-32-19-11-16-20(22(34-3)21(19)33-2)27-25(29-8-6-15(7-9-29)24(30)31)28-23(16)26-12-14-4-5-17-18(10-14)36-13-35-17/h4-5,10-11,15H,6-9,12-13H2,1-3H3,(H,30,31)(H,26,27,28). The van der Waals surface area contributed by atoms with Crippen LogP contribution in [0.25, 0.3) is 10.9 Å². The molecule has 0 atom stereocenters. The fourth-order valence-electron chi connectivity index (χ4n) is 4.56. The molecule has 3 aromatic rings. The maximum atomic E-state index is 11.4. The van der Waals surface area contributed by atoms with E-state index in [-0.39, 0.29) is 12.7 Å². The van der Waals surface area contributed by atoms with E-state index >= 15 is 0 Å². The number of hydrogen-bond acceptors (Lipinski definition) is 10. The number of hydrogen-bond donors (Lipinski definition) is 2. The lowest BCUT2D eigenvalue weighted by molar-refractivity contribution is -0.142. The van der Waals surface area contributed by atoms with Crippen molar-refractivity contribution in [1.29, 1.82) is 0 Å². The number of methoxy groups -OCH3 is 3. The molecule has 36 heavy (non-hydrogen) atoms. The molecule has 11 heteroatoms. The molecule has 2 aliphatic rings. The molecule has 2 aromatic carbocycles. The van der Waals surface area contributed by atoms with E-state index in [0.717, 1.165) is 11.3 Å². The van der Waals surface area contributed by atoms with Crippen LogP contribution in [0.15, 0.2) is 24.3 Å². The molecule has 0 radical (unpaired) electrons. The molecule has 190 valence electrons. The van der Waals surface area contributed by atoms with Gasteiger partial charge in [0.05, 0.1) is 32.6 Å². The molecular weight excluding hydrogens is 468 g/mol. The van der Waals surface area contributed by atoms with Crippen molar-refractivity contribution in [3.63, 3.8) is 0 Å². The van der Waals surface area contributed by atoms with Crippen molar-refractivity contribution in [2.45, 2.75) is 19.4 Å². The number of fused-ring (bicyclic) bond motifs is 2. The minimum absolute atomic E-state index is 0.214. The average molecular weight is 497 g/mol. The Morgan fingerprint density at radius 1 is 1.06 bits per heavy atom. The van der Waals surface area contributed by atoms with E-state index in [1.807, 2.05) is 29.2 Å². The molecule has 0 aliphatic carbocycles. The summed E-state index contributed by atoms with van der Waals surface area (Å²) in [6.07, 6.45) is 1.06. The summed E-state index contributed by atoms with van der Waals surface area (Å²) in [4.78, 5) is 23.1. The SMILES string of the molecule is COc1cc2c(NCc3ccc4c(c3)OCO4)nc(N3CCC(C(=O)O)CC3)nc2c(OC)c1OC. The summed E-state index contributed by atoms with van der Waals surface area (Å²) in [6, 6.07) is 7.59. The second-order valence-electron chi connectivity index (χ2n) is 8.55. The van der Waals surface area contributed by atoms with Gasteiger partial charge in [-0.15, -0.1) is 0 Å². The summed E-state index contributed by atoms with van der Waals surface area (Å²) in [7, 11) is 4.66. The molecule has 2 aliphatic heterocycles. The first-order chi connectivity index (χ1) is 17.5. The average Bonchev–Trinajstić information content (AvgIpc) is 3.38. The number of ether oxygens (including phenoxy) is 5. The number of benzene rings is 2. The number of nitrogens with one attached hydrogen (secondary N) is 1. The lowest BCUT2D eigenvalue weighted by Gasteiger charge is -2.30. The van der Waals surface area contributed by atoms with Gasteiger partial charge in [-0.25, -0.2) is 4.98 Å². The molecule has 0 saturated carbocycles. The van der Waals surface area contributed by atoms with Gasteiger partial charge in [-0.1, -0.05) is 6.07 Å². The zero-order valence-electron chi connectivity index (χ0n) is 20.4. The predicted octanol–water partition coefficient (Wildman–Crippen LogP) is 3.30. The Morgan fingerprint density at radius 2 is 1.81 bits per heavy atom. The van der Waals surface area contributed by atoms with Crippen molar-refractivity contribution in [1.82, 2.24) is 9.97 Å². The van der Waals surface area contributed by atoms with Gasteiger partial charge in [0.2, 0.25) is 18.5 Å². The normalized spacial score (nSPS) is 15.1. The van der Waals surface area contributed by atoms with E-state index < -0.39 is 5.97 Å². The summed E-state index contributed by atoms with van der Waals surface area (Å²) in [5, 5.41) is 13.5. The van der Waals surface area contributed by atoms with E-state index in [4.69, 9.17) is 33.7 Å². The zero-order valence-corrected chi connectivity index (χ0v) is 20.4. The lowest BCUT2D eigenvalue weighted by atomic mass is 9.97. The number of nitrogens with zero attached hydrogens (tertiary/aromatic N) is 3. The first-order valence-electron chi connectivity index (χ1n) is 11.6. The highest BCUT2D eigenvalue weighted by Gasteiger charge is 2.28. The van der Waals surface area contributed by atoms with Crippen molar-refractivity contribution in [2.75, 3.05) is 51.4 Å². The summed E-state index contributed by atoms with van der Waals surface area (Å²) >= 11 is 0. The summed E-state index contributed by atoms with van der Waals surface area (Å²) in [5.41, 5.74) is 1.55. The minimum atomic E-state index is -0.765. The lowest BCUT2D eigenvalue weighted by Crippen LogP contribution is -2.37. The van der Waals surface area contributed by atoms with Crippen molar-refractivity contribution in [3.8, 4) is 28.7 Å². The number of carboxylic acids is 1. The molecule has 1 aromatic heterocycles. The van der Waals surface area contributed by atoms with Gasteiger partial charge in [0.1, 0.15) is 11.3 Å². The Kier molecular flexibility index (Phi) is 6.45. The van der Waals surface area contributed by atoms with Crippen LogP contribution in [0.5, 0.6) is 28.7 Å². The van der Waals surface area contributed by atoms with E-state index in [9.17, 15) is 9.90 Å². The van der Waals surface area contributed by atoms with Crippen molar-refractivity contribution in [2.24, 2.45) is 5.92 Å². The van der Waals surface area contributed by atoms with Gasteiger partial charge in [0, 0.05) is 19.6 Å². The molecule has 0 unspecified atom stereocenters. The fourth-order valence-corrected chi connectivity index (χ4v) is 4.56. The second kappa shape index (κ2) is 9.84. The number of rotatable bonds is 8. The molecule has 1 fully saturated rings. The Hall–Kier alpha value is -4.15.